The Morgan fingerprint density at radius 2 is 1.67 bits per heavy atom. The van der Waals surface area contributed by atoms with Gasteiger partial charge in [-0.2, -0.15) is 0 Å². The molecule has 7 heteroatoms. The molecule has 2 rings (SSSR count). The van der Waals surface area contributed by atoms with Crippen LogP contribution in [-0.4, -0.2) is 38.0 Å². The van der Waals surface area contributed by atoms with Crippen LogP contribution in [0.4, 0.5) is 5.69 Å². The van der Waals surface area contributed by atoms with E-state index in [1.54, 1.807) is 30.3 Å². The van der Waals surface area contributed by atoms with E-state index in [0.29, 0.717) is 11.4 Å². The van der Waals surface area contributed by atoms with Crippen LogP contribution in [0.3, 0.4) is 0 Å². The van der Waals surface area contributed by atoms with Gasteiger partial charge >= 0.3 is 5.97 Å². The number of hydrogen-bond acceptors (Lipinski definition) is 5. The van der Waals surface area contributed by atoms with Gasteiger partial charge in [0.05, 0.1) is 25.5 Å². The number of hydrogen-bond donors (Lipinski definition) is 2. The van der Waals surface area contributed by atoms with Crippen molar-refractivity contribution in [3.63, 3.8) is 0 Å². The van der Waals surface area contributed by atoms with Crippen LogP contribution in [-0.2, 0) is 20.7 Å². The van der Waals surface area contributed by atoms with Gasteiger partial charge in [-0.15, -0.1) is 0 Å². The van der Waals surface area contributed by atoms with Crippen LogP contribution >= 0.6 is 0 Å². The third-order valence-electron chi connectivity index (χ3n) is 3.89. The minimum Gasteiger partial charge on any atom is -0.496 e. The zero-order valence-corrected chi connectivity index (χ0v) is 15.4. The third kappa shape index (κ3) is 5.31. The molecule has 27 heavy (non-hydrogen) atoms. The molecule has 0 fully saturated rings. The van der Waals surface area contributed by atoms with Gasteiger partial charge in [0.25, 0.3) is 5.91 Å². The minimum atomic E-state index is -0.913. The first-order valence-electron chi connectivity index (χ1n) is 8.33. The molecule has 0 heterocycles. The summed E-state index contributed by atoms with van der Waals surface area (Å²) in [5.41, 5.74) is 1.37. The molecular weight excluding hydrogens is 348 g/mol. The van der Waals surface area contributed by atoms with E-state index in [1.807, 2.05) is 18.2 Å². The van der Waals surface area contributed by atoms with E-state index in [2.05, 4.69) is 10.6 Å². The van der Waals surface area contributed by atoms with Gasteiger partial charge in [0, 0.05) is 13.3 Å². The van der Waals surface area contributed by atoms with Crippen molar-refractivity contribution in [2.24, 2.45) is 0 Å². The van der Waals surface area contributed by atoms with E-state index >= 15 is 0 Å². The van der Waals surface area contributed by atoms with Gasteiger partial charge < -0.3 is 20.1 Å². The summed E-state index contributed by atoms with van der Waals surface area (Å²) >= 11 is 0. The van der Waals surface area contributed by atoms with Crippen molar-refractivity contribution in [3.8, 4) is 5.75 Å². The predicted octanol–water partition coefficient (Wildman–Crippen LogP) is 2.17. The number of methoxy groups -OCH3 is 2. The molecule has 0 spiro atoms. The Labute approximate surface area is 157 Å². The van der Waals surface area contributed by atoms with E-state index in [4.69, 9.17) is 9.47 Å². The van der Waals surface area contributed by atoms with Gasteiger partial charge in [0.15, 0.2) is 0 Å². The Morgan fingerprint density at radius 1 is 1.00 bits per heavy atom. The zero-order valence-electron chi connectivity index (χ0n) is 15.4. The highest BCUT2D eigenvalue weighted by atomic mass is 16.5. The van der Waals surface area contributed by atoms with E-state index in [-0.39, 0.29) is 17.9 Å². The summed E-state index contributed by atoms with van der Waals surface area (Å²) < 4.78 is 10.1. The summed E-state index contributed by atoms with van der Waals surface area (Å²) in [6.07, 6.45) is 0.199. The van der Waals surface area contributed by atoms with E-state index in [1.165, 1.54) is 21.1 Å². The quantitative estimate of drug-likeness (QED) is 0.729. The van der Waals surface area contributed by atoms with Crippen molar-refractivity contribution in [3.05, 3.63) is 59.7 Å². The van der Waals surface area contributed by atoms with Gasteiger partial charge in [-0.1, -0.05) is 30.3 Å². The fourth-order valence-corrected chi connectivity index (χ4v) is 2.64. The molecule has 0 aliphatic rings. The van der Waals surface area contributed by atoms with Crippen molar-refractivity contribution in [1.29, 1.82) is 0 Å². The largest absolute Gasteiger partial charge is 0.496 e. The van der Waals surface area contributed by atoms with Crippen molar-refractivity contribution in [2.75, 3.05) is 19.5 Å². The molecule has 2 amide bonds. The molecule has 0 saturated carbocycles. The molecule has 0 aromatic heterocycles. The van der Waals surface area contributed by atoms with E-state index in [0.717, 1.165) is 5.56 Å². The molecule has 7 nitrogen and oxygen atoms in total. The molecule has 142 valence electrons. The van der Waals surface area contributed by atoms with Gasteiger partial charge in [-0.3, -0.25) is 9.59 Å². The summed E-state index contributed by atoms with van der Waals surface area (Å²) in [6.45, 7) is 1.35. The lowest BCUT2D eigenvalue weighted by atomic mass is 10.0. The molecule has 0 saturated heterocycles. The zero-order chi connectivity index (χ0) is 19.8. The van der Waals surface area contributed by atoms with Crippen LogP contribution in [0, 0.1) is 0 Å². The van der Waals surface area contributed by atoms with Crippen LogP contribution in [0.5, 0.6) is 5.75 Å². The molecule has 0 aliphatic heterocycles. The first-order valence-corrected chi connectivity index (χ1v) is 8.33. The summed E-state index contributed by atoms with van der Waals surface area (Å²) in [7, 11) is 2.79. The maximum Gasteiger partial charge on any atom is 0.328 e. The lowest BCUT2D eigenvalue weighted by Gasteiger charge is -2.19. The van der Waals surface area contributed by atoms with Gasteiger partial charge in [-0.25, -0.2) is 4.79 Å². The topological polar surface area (TPSA) is 93.7 Å². The van der Waals surface area contributed by atoms with Crippen molar-refractivity contribution in [1.82, 2.24) is 5.32 Å². The van der Waals surface area contributed by atoms with Crippen LogP contribution in [0.2, 0.25) is 0 Å². The number of esters is 1. The fraction of sp³-hybridized carbons (Fsp3) is 0.250. The van der Waals surface area contributed by atoms with E-state index in [9.17, 15) is 14.4 Å². The smallest absolute Gasteiger partial charge is 0.328 e. The van der Waals surface area contributed by atoms with Crippen LogP contribution in [0.25, 0.3) is 0 Å². The lowest BCUT2D eigenvalue weighted by molar-refractivity contribution is -0.142. The first kappa shape index (κ1) is 20.0. The summed E-state index contributed by atoms with van der Waals surface area (Å²) in [6, 6.07) is 12.9. The molecule has 0 radical (unpaired) electrons. The summed E-state index contributed by atoms with van der Waals surface area (Å²) in [5.74, 6) is -0.760. The van der Waals surface area contributed by atoms with Crippen molar-refractivity contribution in [2.45, 2.75) is 19.4 Å². The second-order valence-electron chi connectivity index (χ2n) is 5.79. The van der Waals surface area contributed by atoms with Crippen LogP contribution in [0.1, 0.15) is 22.8 Å². The standard InChI is InChI=1S/C20H22N2O5/c1-13(23)21-16-10-6-5-9-15(16)19(24)22-17(20(25)27-3)12-14-8-4-7-11-18(14)26-2/h4-11,17H,12H2,1-3H3,(H,21,23)(H,22,24)/t17-/m0/s1. The van der Waals surface area contributed by atoms with Crippen LogP contribution in [0.15, 0.2) is 48.5 Å². The molecule has 2 N–H and O–H groups in total. The van der Waals surface area contributed by atoms with Gasteiger partial charge in [0.1, 0.15) is 11.8 Å². The minimum absolute atomic E-state index is 0.199. The van der Waals surface area contributed by atoms with Gasteiger partial charge in [0.2, 0.25) is 5.91 Å². The number of amides is 2. The second-order valence-corrected chi connectivity index (χ2v) is 5.79. The Balaban J connectivity index is 2.25. The Morgan fingerprint density at radius 3 is 2.33 bits per heavy atom. The Bertz CT molecular complexity index is 835. The highest BCUT2D eigenvalue weighted by molar-refractivity contribution is 6.04. The lowest BCUT2D eigenvalue weighted by Crippen LogP contribution is -2.43. The van der Waals surface area contributed by atoms with Crippen LogP contribution < -0.4 is 15.4 Å². The molecule has 1 atom stereocenters. The molecule has 0 aliphatic carbocycles. The average molecular weight is 370 g/mol. The molecule has 0 bridgehead atoms. The predicted molar refractivity (Wildman–Crippen MR) is 101 cm³/mol. The maximum absolute atomic E-state index is 12.7. The molecule has 2 aromatic carbocycles. The Hall–Kier alpha value is -3.35. The first-order chi connectivity index (χ1) is 13.0. The van der Waals surface area contributed by atoms with Gasteiger partial charge in [-0.05, 0) is 23.8 Å². The highest BCUT2D eigenvalue weighted by Crippen LogP contribution is 2.20. The number of benzene rings is 2. The molecule has 0 unspecified atom stereocenters. The highest BCUT2D eigenvalue weighted by Gasteiger charge is 2.25. The number of ether oxygens (including phenoxy) is 2. The average Bonchev–Trinajstić information content (AvgIpc) is 2.67. The second kappa shape index (κ2) is 9.38. The maximum atomic E-state index is 12.7. The number of para-hydroxylation sites is 2. The number of nitrogens with one attached hydrogen (secondary N) is 2. The number of carbonyl (C=O) groups excluding carboxylic acids is 3. The van der Waals surface area contributed by atoms with E-state index < -0.39 is 17.9 Å². The fourth-order valence-electron chi connectivity index (χ4n) is 2.64. The SMILES string of the molecule is COC(=O)[C@H](Cc1ccccc1OC)NC(=O)c1ccccc1NC(C)=O. The Kier molecular flexibility index (Phi) is 6.93. The number of anilines is 1. The monoisotopic (exact) mass is 370 g/mol. The normalized spacial score (nSPS) is 11.2. The molecular formula is C20H22N2O5. The third-order valence-corrected chi connectivity index (χ3v) is 3.89. The molecule has 2 aromatic rings. The van der Waals surface area contributed by atoms with Crippen molar-refractivity contribution >= 4 is 23.5 Å². The summed E-state index contributed by atoms with van der Waals surface area (Å²) in [5, 5.41) is 5.28. The summed E-state index contributed by atoms with van der Waals surface area (Å²) in [4.78, 5) is 36.3. The number of carbonyl (C=O) groups is 3. The number of rotatable bonds is 7. The van der Waals surface area contributed by atoms with Crippen molar-refractivity contribution < 1.29 is 23.9 Å².